The third-order valence-electron chi connectivity index (χ3n) is 1.94. The van der Waals surface area contributed by atoms with E-state index in [4.69, 9.17) is 0 Å². The van der Waals surface area contributed by atoms with Crippen LogP contribution in [0.1, 0.15) is 12.5 Å². The second-order valence-corrected chi connectivity index (χ2v) is 2.92. The van der Waals surface area contributed by atoms with Gasteiger partial charge in [0.2, 0.25) is 0 Å². The lowest BCUT2D eigenvalue weighted by molar-refractivity contribution is 1.12. The number of H-pyrrole nitrogens is 1. The van der Waals surface area contributed by atoms with E-state index in [1.807, 2.05) is 31.3 Å². The van der Waals surface area contributed by atoms with Gasteiger partial charge in [0.1, 0.15) is 0 Å². The summed E-state index contributed by atoms with van der Waals surface area (Å²) < 4.78 is 0. The molecule has 0 fully saturated rings. The fourth-order valence-corrected chi connectivity index (χ4v) is 1.32. The predicted molar refractivity (Wildman–Crippen MR) is 50.8 cm³/mol. The van der Waals surface area contributed by atoms with E-state index in [-0.39, 0.29) is 0 Å². The van der Waals surface area contributed by atoms with E-state index in [2.05, 4.69) is 16.8 Å². The van der Waals surface area contributed by atoms with Crippen molar-refractivity contribution >= 4 is 16.5 Å². The van der Waals surface area contributed by atoms with E-state index < -0.39 is 0 Å². The lowest BCUT2D eigenvalue weighted by atomic mass is 10.1. The van der Waals surface area contributed by atoms with Gasteiger partial charge in [-0.1, -0.05) is 24.8 Å². The summed E-state index contributed by atoms with van der Waals surface area (Å²) >= 11 is 0. The molecule has 1 aromatic heterocycles. The van der Waals surface area contributed by atoms with E-state index in [0.29, 0.717) is 0 Å². The minimum absolute atomic E-state index is 1.06. The van der Waals surface area contributed by atoms with Gasteiger partial charge in [-0.05, 0) is 12.5 Å². The molecule has 1 heterocycles. The standard InChI is InChI=1S/C10H10N2/c1-7(2)9-5-3-4-8-6-11-12-10(8)9/h3-6H,1H2,2H3,(H,11,12). The van der Waals surface area contributed by atoms with Crippen LogP contribution in [0.25, 0.3) is 16.5 Å². The zero-order valence-electron chi connectivity index (χ0n) is 6.96. The van der Waals surface area contributed by atoms with Gasteiger partial charge < -0.3 is 0 Å². The third-order valence-corrected chi connectivity index (χ3v) is 1.94. The molecule has 1 N–H and O–H groups in total. The first-order chi connectivity index (χ1) is 5.79. The molecule has 0 spiro atoms. The van der Waals surface area contributed by atoms with Crippen LogP contribution in [0.15, 0.2) is 31.0 Å². The van der Waals surface area contributed by atoms with Gasteiger partial charge in [0, 0.05) is 10.9 Å². The molecule has 0 aliphatic rings. The highest BCUT2D eigenvalue weighted by Crippen LogP contribution is 2.20. The van der Waals surface area contributed by atoms with Gasteiger partial charge in [-0.25, -0.2) is 0 Å². The maximum absolute atomic E-state index is 3.98. The van der Waals surface area contributed by atoms with Crippen molar-refractivity contribution in [1.82, 2.24) is 10.2 Å². The van der Waals surface area contributed by atoms with E-state index in [1.54, 1.807) is 0 Å². The highest BCUT2D eigenvalue weighted by Gasteiger charge is 2.01. The molecule has 2 heteroatoms. The van der Waals surface area contributed by atoms with Gasteiger partial charge in [0.05, 0.1) is 11.7 Å². The van der Waals surface area contributed by atoms with Crippen LogP contribution in [0.5, 0.6) is 0 Å². The molecule has 60 valence electrons. The molecule has 0 saturated carbocycles. The summed E-state index contributed by atoms with van der Waals surface area (Å²) in [5.74, 6) is 0. The zero-order valence-corrected chi connectivity index (χ0v) is 6.96. The van der Waals surface area contributed by atoms with Gasteiger partial charge in [-0.3, -0.25) is 5.10 Å². The molecule has 0 unspecified atom stereocenters. The Hall–Kier alpha value is -1.57. The van der Waals surface area contributed by atoms with Crippen molar-refractivity contribution < 1.29 is 0 Å². The number of fused-ring (bicyclic) bond motifs is 1. The summed E-state index contributed by atoms with van der Waals surface area (Å²) in [5.41, 5.74) is 3.28. The highest BCUT2D eigenvalue weighted by atomic mass is 15.1. The van der Waals surface area contributed by atoms with E-state index >= 15 is 0 Å². The molecule has 2 nitrogen and oxygen atoms in total. The summed E-state index contributed by atoms with van der Waals surface area (Å²) in [4.78, 5) is 0. The summed E-state index contributed by atoms with van der Waals surface area (Å²) in [6.45, 7) is 5.90. The normalized spacial score (nSPS) is 10.4. The molecule has 2 aromatic rings. The first kappa shape index (κ1) is 7.10. The summed E-state index contributed by atoms with van der Waals surface area (Å²) in [6, 6.07) is 6.09. The Morgan fingerprint density at radius 1 is 1.50 bits per heavy atom. The number of aromatic amines is 1. The number of hydrogen-bond acceptors (Lipinski definition) is 1. The maximum atomic E-state index is 3.98. The number of hydrogen-bond donors (Lipinski definition) is 1. The Morgan fingerprint density at radius 2 is 2.33 bits per heavy atom. The Labute approximate surface area is 70.9 Å². The monoisotopic (exact) mass is 158 g/mol. The zero-order chi connectivity index (χ0) is 8.55. The molecule has 0 amide bonds. The second kappa shape index (κ2) is 2.48. The van der Waals surface area contributed by atoms with Gasteiger partial charge in [-0.15, -0.1) is 0 Å². The van der Waals surface area contributed by atoms with Crippen molar-refractivity contribution in [1.29, 1.82) is 0 Å². The molecule has 0 radical (unpaired) electrons. The lowest BCUT2D eigenvalue weighted by Gasteiger charge is -1.99. The van der Waals surface area contributed by atoms with E-state index in [0.717, 1.165) is 22.0 Å². The molecule has 2 rings (SSSR count). The minimum Gasteiger partial charge on any atom is -0.277 e. The van der Waals surface area contributed by atoms with Crippen LogP contribution >= 0.6 is 0 Å². The lowest BCUT2D eigenvalue weighted by Crippen LogP contribution is -1.80. The number of allylic oxidation sites excluding steroid dienone is 1. The number of rotatable bonds is 1. The first-order valence-corrected chi connectivity index (χ1v) is 3.87. The van der Waals surface area contributed by atoms with Crippen LogP contribution in [0.2, 0.25) is 0 Å². The summed E-state index contributed by atoms with van der Waals surface area (Å²) in [6.07, 6.45) is 1.82. The molecular formula is C10H10N2. The minimum atomic E-state index is 1.06. The van der Waals surface area contributed by atoms with Crippen LogP contribution in [-0.4, -0.2) is 10.2 Å². The van der Waals surface area contributed by atoms with Gasteiger partial charge in [0.15, 0.2) is 0 Å². The van der Waals surface area contributed by atoms with Gasteiger partial charge in [-0.2, -0.15) is 5.10 Å². The van der Waals surface area contributed by atoms with Crippen molar-refractivity contribution in [3.8, 4) is 0 Å². The predicted octanol–water partition coefficient (Wildman–Crippen LogP) is 2.60. The van der Waals surface area contributed by atoms with Crippen LogP contribution in [0, 0.1) is 0 Å². The Kier molecular flexibility index (Phi) is 1.47. The first-order valence-electron chi connectivity index (χ1n) is 3.87. The molecular weight excluding hydrogens is 148 g/mol. The van der Waals surface area contributed by atoms with Crippen molar-refractivity contribution in [3.63, 3.8) is 0 Å². The summed E-state index contributed by atoms with van der Waals surface area (Å²) in [5, 5.41) is 8.07. The SMILES string of the molecule is C=C(C)c1cccc2cn[nH]c12. The number of para-hydroxylation sites is 1. The molecule has 0 bridgehead atoms. The summed E-state index contributed by atoms with van der Waals surface area (Å²) in [7, 11) is 0. The molecule has 1 aromatic carbocycles. The molecule has 12 heavy (non-hydrogen) atoms. The Balaban J connectivity index is 2.82. The molecule has 0 aliphatic carbocycles. The number of nitrogens with zero attached hydrogens (tertiary/aromatic N) is 1. The van der Waals surface area contributed by atoms with Gasteiger partial charge in [0.25, 0.3) is 0 Å². The largest absolute Gasteiger partial charge is 0.277 e. The van der Waals surface area contributed by atoms with Crippen molar-refractivity contribution in [2.24, 2.45) is 0 Å². The topological polar surface area (TPSA) is 28.7 Å². The van der Waals surface area contributed by atoms with E-state index in [9.17, 15) is 0 Å². The molecule has 0 aliphatic heterocycles. The van der Waals surface area contributed by atoms with Crippen molar-refractivity contribution in [3.05, 3.63) is 36.5 Å². The van der Waals surface area contributed by atoms with Crippen molar-refractivity contribution in [2.45, 2.75) is 6.92 Å². The maximum Gasteiger partial charge on any atom is 0.0725 e. The smallest absolute Gasteiger partial charge is 0.0725 e. The Morgan fingerprint density at radius 3 is 3.08 bits per heavy atom. The number of benzene rings is 1. The van der Waals surface area contributed by atoms with Crippen LogP contribution in [0.4, 0.5) is 0 Å². The number of aromatic nitrogens is 2. The quantitative estimate of drug-likeness (QED) is 0.679. The van der Waals surface area contributed by atoms with Crippen LogP contribution < -0.4 is 0 Å². The van der Waals surface area contributed by atoms with Crippen LogP contribution in [-0.2, 0) is 0 Å². The van der Waals surface area contributed by atoms with Crippen molar-refractivity contribution in [2.75, 3.05) is 0 Å². The fourth-order valence-electron chi connectivity index (χ4n) is 1.32. The number of nitrogens with one attached hydrogen (secondary N) is 1. The second-order valence-electron chi connectivity index (χ2n) is 2.92. The van der Waals surface area contributed by atoms with Crippen LogP contribution in [0.3, 0.4) is 0 Å². The average molecular weight is 158 g/mol. The molecule has 0 atom stereocenters. The third kappa shape index (κ3) is 0.925. The molecule has 0 saturated heterocycles. The highest BCUT2D eigenvalue weighted by molar-refractivity contribution is 5.89. The van der Waals surface area contributed by atoms with Gasteiger partial charge >= 0.3 is 0 Å². The Bertz CT molecular complexity index is 426. The average Bonchev–Trinajstić information content (AvgIpc) is 2.49. The van der Waals surface area contributed by atoms with E-state index in [1.165, 1.54) is 0 Å². The fraction of sp³-hybridized carbons (Fsp3) is 0.100.